The fourth-order valence-corrected chi connectivity index (χ4v) is 2.91. The number of carbonyl (C=O) groups excluding carboxylic acids is 2. The van der Waals surface area contributed by atoms with Crippen molar-refractivity contribution in [1.82, 2.24) is 4.98 Å². The Bertz CT molecular complexity index is 476. The molecular formula is C15H17NO2. The zero-order valence-corrected chi connectivity index (χ0v) is 10.5. The summed E-state index contributed by atoms with van der Waals surface area (Å²) in [4.78, 5) is 28.5. The highest BCUT2D eigenvalue weighted by molar-refractivity contribution is 6.00. The molecule has 94 valence electrons. The van der Waals surface area contributed by atoms with Crippen LogP contribution in [0.2, 0.25) is 0 Å². The summed E-state index contributed by atoms with van der Waals surface area (Å²) in [6.07, 6.45) is 6.98. The van der Waals surface area contributed by atoms with Gasteiger partial charge in [-0.05, 0) is 49.7 Å². The van der Waals surface area contributed by atoms with Crippen molar-refractivity contribution >= 4 is 11.6 Å². The smallest absolute Gasteiger partial charge is 0.181 e. The lowest BCUT2D eigenvalue weighted by Gasteiger charge is -2.10. The molecule has 3 rings (SSSR count). The minimum atomic E-state index is 0.113. The number of hydrogen-bond acceptors (Lipinski definition) is 3. The highest BCUT2D eigenvalue weighted by atomic mass is 16.1. The van der Waals surface area contributed by atoms with Gasteiger partial charge in [0, 0.05) is 12.8 Å². The third kappa shape index (κ3) is 1.98. The first-order valence-electron chi connectivity index (χ1n) is 6.85. The maximum absolute atomic E-state index is 12.0. The zero-order valence-electron chi connectivity index (χ0n) is 10.5. The van der Waals surface area contributed by atoms with Crippen LogP contribution in [0.15, 0.2) is 6.07 Å². The summed E-state index contributed by atoms with van der Waals surface area (Å²) >= 11 is 0. The van der Waals surface area contributed by atoms with Crippen LogP contribution in [-0.2, 0) is 12.8 Å². The van der Waals surface area contributed by atoms with Crippen molar-refractivity contribution in [2.45, 2.75) is 51.4 Å². The Kier molecular flexibility index (Phi) is 2.98. The van der Waals surface area contributed by atoms with Crippen LogP contribution in [0.3, 0.4) is 0 Å². The fraction of sp³-hybridized carbons (Fsp3) is 0.533. The highest BCUT2D eigenvalue weighted by Gasteiger charge is 2.23. The molecule has 0 saturated heterocycles. The summed E-state index contributed by atoms with van der Waals surface area (Å²) in [6.45, 7) is 0. The number of hydrogen-bond donors (Lipinski definition) is 0. The second kappa shape index (κ2) is 4.63. The number of aryl methyl sites for hydroxylation is 2. The van der Waals surface area contributed by atoms with Gasteiger partial charge in [0.1, 0.15) is 11.4 Å². The summed E-state index contributed by atoms with van der Waals surface area (Å²) in [5.74, 6) is 0.227. The van der Waals surface area contributed by atoms with Crippen molar-refractivity contribution in [2.24, 2.45) is 0 Å². The van der Waals surface area contributed by atoms with Gasteiger partial charge in [-0.25, -0.2) is 4.98 Å². The van der Waals surface area contributed by atoms with Crippen LogP contribution in [0.1, 0.15) is 70.6 Å². The zero-order chi connectivity index (χ0) is 12.5. The number of ketones is 2. The van der Waals surface area contributed by atoms with Crippen LogP contribution in [0.5, 0.6) is 0 Å². The van der Waals surface area contributed by atoms with Gasteiger partial charge in [-0.1, -0.05) is 6.07 Å². The van der Waals surface area contributed by atoms with Crippen molar-refractivity contribution in [3.8, 4) is 0 Å². The molecule has 0 saturated carbocycles. The van der Waals surface area contributed by atoms with Crippen molar-refractivity contribution in [1.29, 1.82) is 0 Å². The Morgan fingerprint density at radius 2 is 1.17 bits per heavy atom. The minimum absolute atomic E-state index is 0.113. The number of carbonyl (C=O) groups is 2. The summed E-state index contributed by atoms with van der Waals surface area (Å²) in [7, 11) is 0. The summed E-state index contributed by atoms with van der Waals surface area (Å²) in [6, 6.07) is 2.07. The predicted octanol–water partition coefficient (Wildman–Crippen LogP) is 2.90. The van der Waals surface area contributed by atoms with E-state index in [9.17, 15) is 9.59 Å². The number of fused-ring (bicyclic) bond motifs is 2. The van der Waals surface area contributed by atoms with Gasteiger partial charge in [0.2, 0.25) is 0 Å². The third-order valence-corrected chi connectivity index (χ3v) is 3.91. The van der Waals surface area contributed by atoms with E-state index in [2.05, 4.69) is 11.1 Å². The van der Waals surface area contributed by atoms with Crippen LogP contribution < -0.4 is 0 Å². The summed E-state index contributed by atoms with van der Waals surface area (Å²) in [5, 5.41) is 0. The number of pyridine rings is 1. The second-order valence-electron chi connectivity index (χ2n) is 5.26. The molecule has 1 aromatic heterocycles. The molecule has 2 aliphatic carbocycles. The summed E-state index contributed by atoms with van der Waals surface area (Å²) < 4.78 is 0. The minimum Gasteiger partial charge on any atom is -0.292 e. The summed E-state index contributed by atoms with van der Waals surface area (Å²) in [5.41, 5.74) is 3.26. The lowest BCUT2D eigenvalue weighted by Crippen LogP contribution is -2.12. The molecule has 0 N–H and O–H groups in total. The normalized spacial score (nSPS) is 19.8. The molecule has 0 spiro atoms. The Balaban J connectivity index is 2.13. The number of rotatable bonds is 0. The van der Waals surface area contributed by atoms with Gasteiger partial charge in [-0.3, -0.25) is 9.59 Å². The van der Waals surface area contributed by atoms with Gasteiger partial charge in [-0.2, -0.15) is 0 Å². The first-order valence-corrected chi connectivity index (χ1v) is 6.85. The van der Waals surface area contributed by atoms with E-state index < -0.39 is 0 Å². The Hall–Kier alpha value is -1.51. The predicted molar refractivity (Wildman–Crippen MR) is 68.0 cm³/mol. The lowest BCUT2D eigenvalue weighted by molar-refractivity contribution is 0.0973. The Labute approximate surface area is 107 Å². The standard InChI is InChI=1S/C15H17NO2/c17-12-7-3-1-5-10-9-11-6-2-4-8-13(18)15(11)16-14(10)12/h9H,1-8H2. The largest absolute Gasteiger partial charge is 0.292 e. The van der Waals surface area contributed by atoms with Crippen LogP contribution in [0, 0.1) is 0 Å². The van der Waals surface area contributed by atoms with E-state index in [1.807, 2.05) is 0 Å². The molecule has 0 aliphatic heterocycles. The number of nitrogens with zero attached hydrogens (tertiary/aromatic N) is 1. The molecule has 0 aromatic carbocycles. The first kappa shape index (κ1) is 11.6. The van der Waals surface area contributed by atoms with Crippen molar-refractivity contribution in [2.75, 3.05) is 0 Å². The van der Waals surface area contributed by atoms with E-state index in [1.54, 1.807) is 0 Å². The van der Waals surface area contributed by atoms with Crippen LogP contribution in [0.25, 0.3) is 0 Å². The molecule has 0 atom stereocenters. The second-order valence-corrected chi connectivity index (χ2v) is 5.26. The average Bonchev–Trinajstić information content (AvgIpc) is 2.65. The topological polar surface area (TPSA) is 47.0 Å². The van der Waals surface area contributed by atoms with E-state index in [0.717, 1.165) is 49.7 Å². The molecule has 3 heteroatoms. The molecule has 1 aromatic rings. The van der Waals surface area contributed by atoms with Gasteiger partial charge in [-0.15, -0.1) is 0 Å². The molecule has 0 unspecified atom stereocenters. The van der Waals surface area contributed by atoms with Crippen molar-refractivity contribution in [3.63, 3.8) is 0 Å². The van der Waals surface area contributed by atoms with Gasteiger partial charge >= 0.3 is 0 Å². The fourth-order valence-electron chi connectivity index (χ4n) is 2.91. The van der Waals surface area contributed by atoms with Gasteiger partial charge in [0.15, 0.2) is 11.6 Å². The maximum atomic E-state index is 12.0. The SMILES string of the molecule is O=C1CCCCc2cc3c(nc21)C(=O)CCCC3. The molecule has 2 aliphatic rings. The van der Waals surface area contributed by atoms with Crippen LogP contribution in [-0.4, -0.2) is 16.6 Å². The molecule has 0 amide bonds. The van der Waals surface area contributed by atoms with E-state index in [-0.39, 0.29) is 11.6 Å². The quantitative estimate of drug-likeness (QED) is 0.658. The molecule has 3 nitrogen and oxygen atoms in total. The lowest BCUT2D eigenvalue weighted by atomic mass is 10.0. The molecule has 1 heterocycles. The van der Waals surface area contributed by atoms with E-state index >= 15 is 0 Å². The van der Waals surface area contributed by atoms with E-state index in [1.165, 1.54) is 0 Å². The van der Waals surface area contributed by atoms with Crippen molar-refractivity contribution < 1.29 is 9.59 Å². The van der Waals surface area contributed by atoms with Gasteiger partial charge in [0.25, 0.3) is 0 Å². The Morgan fingerprint density at radius 1 is 0.722 bits per heavy atom. The average molecular weight is 243 g/mol. The van der Waals surface area contributed by atoms with Crippen LogP contribution >= 0.6 is 0 Å². The molecular weight excluding hydrogens is 226 g/mol. The number of aromatic nitrogens is 1. The van der Waals surface area contributed by atoms with Gasteiger partial charge in [0.05, 0.1) is 0 Å². The maximum Gasteiger partial charge on any atom is 0.181 e. The van der Waals surface area contributed by atoms with Crippen molar-refractivity contribution in [3.05, 3.63) is 28.6 Å². The van der Waals surface area contributed by atoms with Gasteiger partial charge < -0.3 is 0 Å². The highest BCUT2D eigenvalue weighted by Crippen LogP contribution is 2.25. The molecule has 18 heavy (non-hydrogen) atoms. The van der Waals surface area contributed by atoms with E-state index in [0.29, 0.717) is 24.2 Å². The molecule has 0 radical (unpaired) electrons. The third-order valence-electron chi connectivity index (χ3n) is 3.91. The Morgan fingerprint density at radius 3 is 1.67 bits per heavy atom. The first-order chi connectivity index (χ1) is 8.75. The molecule has 0 fully saturated rings. The van der Waals surface area contributed by atoms with Crippen LogP contribution in [0.4, 0.5) is 0 Å². The van der Waals surface area contributed by atoms with E-state index in [4.69, 9.17) is 0 Å². The monoisotopic (exact) mass is 243 g/mol. The molecule has 0 bridgehead atoms. The number of Topliss-reactive ketones (excluding diaryl/α,β-unsaturated/α-hetero) is 2.